The Hall–Kier alpha value is 1.42. The van der Waals surface area contributed by atoms with Gasteiger partial charge in [0, 0.05) is 6.42 Å². The minimum atomic E-state index is -1.17. The summed E-state index contributed by atoms with van der Waals surface area (Å²) in [4.78, 5) is 19.9. The first-order valence-corrected chi connectivity index (χ1v) is 2.74. The Morgan fingerprint density at radius 2 is 1.67 bits per heavy atom. The second-order valence-electron chi connectivity index (χ2n) is 1.88. The molecule has 12 heavy (non-hydrogen) atoms. The molecule has 0 amide bonds. The molecule has 0 aromatic heterocycles. The van der Waals surface area contributed by atoms with Gasteiger partial charge in [-0.25, -0.2) is 0 Å². The summed E-state index contributed by atoms with van der Waals surface area (Å²) in [5, 5.41) is 16.3. The van der Waals surface area contributed by atoms with Crippen molar-refractivity contribution in [3.63, 3.8) is 0 Å². The fourth-order valence-corrected chi connectivity index (χ4v) is 0.402. The van der Waals surface area contributed by atoms with Crippen molar-refractivity contribution in [1.82, 2.24) is 0 Å². The van der Waals surface area contributed by atoms with Gasteiger partial charge in [0.05, 0.1) is 0 Å². The van der Waals surface area contributed by atoms with E-state index in [0.717, 1.165) is 0 Å². The average Bonchev–Trinajstić information content (AvgIpc) is 1.82. The van der Waals surface area contributed by atoms with Crippen molar-refractivity contribution < 1.29 is 19.8 Å². The van der Waals surface area contributed by atoms with Crippen LogP contribution < -0.4 is 5.73 Å². The zero-order chi connectivity index (χ0) is 8.15. The molecule has 0 aliphatic rings. The summed E-state index contributed by atoms with van der Waals surface area (Å²) in [5.74, 6) is -2.20. The topological polar surface area (TPSA) is 101 Å². The third kappa shape index (κ3) is 11.4. The Morgan fingerprint density at radius 3 is 1.92 bits per heavy atom. The fraction of sp³-hybridized carbons (Fsp3) is 0.600. The molecule has 0 heterocycles. The predicted molar refractivity (Wildman–Crippen MR) is 49.6 cm³/mol. The fourth-order valence-electron chi connectivity index (χ4n) is 0.402. The third-order valence-corrected chi connectivity index (χ3v) is 0.986. The molecule has 5 nitrogen and oxygen atoms in total. The van der Waals surface area contributed by atoms with E-state index in [9.17, 15) is 9.59 Å². The number of aliphatic carboxylic acids is 2. The molecule has 0 rings (SSSR count). The van der Waals surface area contributed by atoms with Crippen LogP contribution in [0.5, 0.6) is 0 Å². The van der Waals surface area contributed by atoms with Crippen molar-refractivity contribution in [2.75, 3.05) is 0 Å². The van der Waals surface area contributed by atoms with Gasteiger partial charge in [-0.2, -0.15) is 0 Å². The molecular formula is C5H13Ca2NO4. The first kappa shape index (κ1) is 19.1. The maximum atomic E-state index is 9.99. The van der Waals surface area contributed by atoms with E-state index in [2.05, 4.69) is 0 Å². The molecule has 1 atom stereocenters. The molecule has 66 valence electrons. The Morgan fingerprint density at radius 1 is 1.25 bits per heavy atom. The number of carboxylic acids is 2. The summed E-state index contributed by atoms with van der Waals surface area (Å²) in [7, 11) is 0. The van der Waals surface area contributed by atoms with Crippen LogP contribution in [0.1, 0.15) is 12.8 Å². The monoisotopic (exact) mass is 231 g/mol. The van der Waals surface area contributed by atoms with Crippen LogP contribution in [0.15, 0.2) is 0 Å². The van der Waals surface area contributed by atoms with Crippen molar-refractivity contribution in [2.45, 2.75) is 18.9 Å². The SMILES string of the molecule is N[C@@H](CCC(=O)O)C(=O)O.[CaH2].[CaH2]. The first-order valence-electron chi connectivity index (χ1n) is 2.74. The van der Waals surface area contributed by atoms with Gasteiger partial charge in [-0.05, 0) is 6.42 Å². The predicted octanol–water partition coefficient (Wildman–Crippen LogP) is -2.57. The Kier molecular flexibility index (Phi) is 16.7. The van der Waals surface area contributed by atoms with Crippen LogP contribution in [0.2, 0.25) is 0 Å². The van der Waals surface area contributed by atoms with E-state index in [1.165, 1.54) is 0 Å². The summed E-state index contributed by atoms with van der Waals surface area (Å²) >= 11 is 0. The van der Waals surface area contributed by atoms with Crippen LogP contribution in [-0.2, 0) is 9.59 Å². The number of nitrogens with two attached hydrogens (primary N) is 1. The third-order valence-electron chi connectivity index (χ3n) is 0.986. The second kappa shape index (κ2) is 10.5. The van der Waals surface area contributed by atoms with Crippen LogP contribution >= 0.6 is 0 Å². The van der Waals surface area contributed by atoms with Gasteiger partial charge in [0.25, 0.3) is 0 Å². The Balaban J connectivity index is -0.000000405. The molecule has 0 radical (unpaired) electrons. The molecule has 0 bridgehead atoms. The number of hydrogen-bond donors (Lipinski definition) is 3. The molecule has 7 heteroatoms. The number of carbonyl (C=O) groups is 2. The Bertz CT molecular complexity index is 152. The first-order chi connectivity index (χ1) is 4.54. The minimum absolute atomic E-state index is 0. The van der Waals surface area contributed by atoms with Gasteiger partial charge >= 0.3 is 87.4 Å². The van der Waals surface area contributed by atoms with Gasteiger partial charge < -0.3 is 15.9 Å². The summed E-state index contributed by atoms with van der Waals surface area (Å²) in [6.07, 6.45) is -0.224. The molecule has 0 aromatic carbocycles. The molecular weight excluding hydrogens is 218 g/mol. The van der Waals surface area contributed by atoms with Gasteiger partial charge in [-0.1, -0.05) is 0 Å². The molecule has 0 aliphatic heterocycles. The van der Waals surface area contributed by atoms with Crippen LogP contribution in [0.3, 0.4) is 0 Å². The number of hydrogen-bond acceptors (Lipinski definition) is 3. The van der Waals surface area contributed by atoms with Gasteiger partial charge in [-0.15, -0.1) is 0 Å². The molecule has 0 saturated carbocycles. The maximum absolute atomic E-state index is 9.99. The van der Waals surface area contributed by atoms with E-state index in [4.69, 9.17) is 15.9 Å². The number of carboxylic acid groups (broad SMARTS) is 2. The van der Waals surface area contributed by atoms with Crippen LogP contribution in [-0.4, -0.2) is 104 Å². The van der Waals surface area contributed by atoms with Crippen LogP contribution in [0.25, 0.3) is 0 Å². The summed E-state index contributed by atoms with van der Waals surface area (Å²) < 4.78 is 0. The van der Waals surface area contributed by atoms with Crippen LogP contribution in [0.4, 0.5) is 0 Å². The van der Waals surface area contributed by atoms with Crippen molar-refractivity contribution in [2.24, 2.45) is 5.73 Å². The van der Waals surface area contributed by atoms with E-state index >= 15 is 0 Å². The van der Waals surface area contributed by atoms with E-state index in [1.54, 1.807) is 0 Å². The summed E-state index contributed by atoms with van der Waals surface area (Å²) in [5.41, 5.74) is 5.00. The standard InChI is InChI=1S/C5H9NO4.2Ca.4H/c6-3(5(9)10)1-2-4(7)8;;;;;;/h3H,1-2,6H2,(H,7,8)(H,9,10);;;;;;/t3-;;;;;;/m0....../s1. The average molecular weight is 231 g/mol. The zero-order valence-corrected chi connectivity index (χ0v) is 5.28. The molecule has 0 unspecified atom stereocenters. The Labute approximate surface area is 130 Å². The normalized spacial score (nSPS) is 10.4. The molecule has 0 fully saturated rings. The second-order valence-corrected chi connectivity index (χ2v) is 1.88. The van der Waals surface area contributed by atoms with E-state index in [0.29, 0.717) is 0 Å². The quantitative estimate of drug-likeness (QED) is 0.462. The van der Waals surface area contributed by atoms with Gasteiger partial charge in [-0.3, -0.25) is 9.59 Å². The van der Waals surface area contributed by atoms with Gasteiger partial charge in [0.2, 0.25) is 0 Å². The van der Waals surface area contributed by atoms with E-state index in [-0.39, 0.29) is 88.3 Å². The van der Waals surface area contributed by atoms with Crippen molar-refractivity contribution in [3.05, 3.63) is 0 Å². The molecule has 0 saturated heterocycles. The zero-order valence-electron chi connectivity index (χ0n) is 5.28. The molecule has 0 aromatic rings. The number of rotatable bonds is 4. The van der Waals surface area contributed by atoms with E-state index in [1.807, 2.05) is 0 Å². The van der Waals surface area contributed by atoms with Gasteiger partial charge in [0.1, 0.15) is 6.04 Å². The van der Waals surface area contributed by atoms with Crippen molar-refractivity contribution in [1.29, 1.82) is 0 Å². The van der Waals surface area contributed by atoms with Crippen LogP contribution in [0, 0.1) is 0 Å². The van der Waals surface area contributed by atoms with Crippen molar-refractivity contribution in [3.8, 4) is 0 Å². The molecule has 4 N–H and O–H groups in total. The molecule has 0 aliphatic carbocycles. The summed E-state index contributed by atoms with van der Waals surface area (Å²) in [6, 6.07) is -1.06. The summed E-state index contributed by atoms with van der Waals surface area (Å²) in [6.45, 7) is 0. The molecule has 0 spiro atoms. The van der Waals surface area contributed by atoms with Gasteiger partial charge in [0.15, 0.2) is 0 Å². The van der Waals surface area contributed by atoms with Crippen molar-refractivity contribution >= 4 is 87.4 Å². The van der Waals surface area contributed by atoms with E-state index < -0.39 is 18.0 Å².